The van der Waals surface area contributed by atoms with Crippen molar-refractivity contribution >= 4 is 7.60 Å². The van der Waals surface area contributed by atoms with E-state index in [2.05, 4.69) is 0 Å². The van der Waals surface area contributed by atoms with Crippen LogP contribution in [0.3, 0.4) is 0 Å². The molecule has 2 aromatic rings. The summed E-state index contributed by atoms with van der Waals surface area (Å²) in [5, 5.41) is 8.70. The number of ether oxygens (including phenoxy) is 1. The van der Waals surface area contributed by atoms with E-state index in [9.17, 15) is 4.57 Å². The van der Waals surface area contributed by atoms with E-state index in [1.165, 1.54) is 0 Å². The van der Waals surface area contributed by atoms with Crippen LogP contribution in [0.5, 0.6) is 5.75 Å². The van der Waals surface area contributed by atoms with Crippen molar-refractivity contribution in [2.75, 3.05) is 13.2 Å². The number of hydrogen-bond donors (Lipinski definition) is 3. The quantitative estimate of drug-likeness (QED) is 0.681. The molecule has 5 nitrogen and oxygen atoms in total. The molecule has 0 aliphatic carbocycles. The molecule has 22 heavy (non-hydrogen) atoms. The molecule has 0 fully saturated rings. The minimum Gasteiger partial charge on any atom is -0.491 e. The van der Waals surface area contributed by atoms with Gasteiger partial charge < -0.3 is 19.6 Å². The van der Waals surface area contributed by atoms with Crippen LogP contribution in [0.4, 0.5) is 0 Å². The molecule has 118 valence electrons. The molecule has 0 spiro atoms. The molecule has 0 aliphatic heterocycles. The van der Waals surface area contributed by atoms with Crippen LogP contribution in [0, 0.1) is 0 Å². The van der Waals surface area contributed by atoms with Crippen LogP contribution in [0.25, 0.3) is 0 Å². The summed E-state index contributed by atoms with van der Waals surface area (Å²) in [6.45, 7) is 0.267. The zero-order valence-corrected chi connectivity index (χ0v) is 12.9. The van der Waals surface area contributed by atoms with Crippen LogP contribution in [-0.4, -0.2) is 28.1 Å². The van der Waals surface area contributed by atoms with E-state index < -0.39 is 7.60 Å². The van der Waals surface area contributed by atoms with Crippen LogP contribution in [0.1, 0.15) is 16.7 Å². The van der Waals surface area contributed by atoms with E-state index in [4.69, 9.17) is 19.6 Å². The smallest absolute Gasteiger partial charge is 0.329 e. The van der Waals surface area contributed by atoms with E-state index in [-0.39, 0.29) is 19.4 Å². The zero-order chi connectivity index (χ0) is 16.0. The molecule has 2 rings (SSSR count). The molecule has 0 heterocycles. The predicted octanol–water partition coefficient (Wildman–Crippen LogP) is 2.33. The Morgan fingerprint density at radius 3 is 1.86 bits per heavy atom. The first-order chi connectivity index (χ1) is 10.5. The Balaban J connectivity index is 1.97. The predicted molar refractivity (Wildman–Crippen MR) is 84.0 cm³/mol. The molecular formula is C16H19O5P. The third-order valence-electron chi connectivity index (χ3n) is 3.10. The van der Waals surface area contributed by atoms with E-state index in [0.717, 1.165) is 23.3 Å². The van der Waals surface area contributed by atoms with Gasteiger partial charge in [0, 0.05) is 0 Å². The van der Waals surface area contributed by atoms with Crippen molar-refractivity contribution < 1.29 is 24.2 Å². The summed E-state index contributed by atoms with van der Waals surface area (Å²) in [7, 11) is -4.02. The summed E-state index contributed by atoms with van der Waals surface area (Å²) in [5.41, 5.74) is 2.81. The van der Waals surface area contributed by atoms with Crippen molar-refractivity contribution in [3.63, 3.8) is 0 Å². The Hall–Kier alpha value is -1.65. The van der Waals surface area contributed by atoms with Crippen LogP contribution < -0.4 is 4.74 Å². The average molecular weight is 322 g/mol. The fourth-order valence-corrected chi connectivity index (χ4v) is 2.79. The van der Waals surface area contributed by atoms with Gasteiger partial charge in [0.25, 0.3) is 0 Å². The number of aliphatic hydroxyl groups is 1. The van der Waals surface area contributed by atoms with Gasteiger partial charge in [0.1, 0.15) is 12.4 Å². The van der Waals surface area contributed by atoms with Gasteiger partial charge in [0.15, 0.2) is 0 Å². The fraction of sp³-hybridized carbons (Fsp3) is 0.250. The van der Waals surface area contributed by atoms with Gasteiger partial charge in [-0.15, -0.1) is 0 Å². The second kappa shape index (κ2) is 7.56. The van der Waals surface area contributed by atoms with Gasteiger partial charge in [-0.25, -0.2) is 0 Å². The molecule has 0 amide bonds. The van der Waals surface area contributed by atoms with E-state index in [0.29, 0.717) is 5.56 Å². The normalized spacial score (nSPS) is 11.4. The molecule has 0 atom stereocenters. The van der Waals surface area contributed by atoms with Gasteiger partial charge >= 0.3 is 7.60 Å². The zero-order valence-electron chi connectivity index (χ0n) is 12.1. The fourth-order valence-electron chi connectivity index (χ4n) is 2.10. The summed E-state index contributed by atoms with van der Waals surface area (Å²) in [6, 6.07) is 14.9. The summed E-state index contributed by atoms with van der Waals surface area (Å²) in [4.78, 5) is 17.9. The van der Waals surface area contributed by atoms with Crippen molar-refractivity contribution in [3.8, 4) is 5.75 Å². The standard InChI is InChI=1S/C16H19O5P/c17-9-10-21-16-7-5-14(6-8-16)11-13-1-3-15(4-2-13)12-22(18,19)20/h1-8,17H,9-12H2,(H2,18,19,20). The van der Waals surface area contributed by atoms with Crippen molar-refractivity contribution in [2.24, 2.45) is 0 Å². The van der Waals surface area contributed by atoms with Gasteiger partial charge in [0.05, 0.1) is 12.8 Å². The maximum Gasteiger partial charge on any atom is 0.329 e. The molecule has 3 N–H and O–H groups in total. The lowest BCUT2D eigenvalue weighted by Gasteiger charge is -2.07. The molecule has 6 heteroatoms. The summed E-state index contributed by atoms with van der Waals surface area (Å²) >= 11 is 0. The molecular weight excluding hydrogens is 303 g/mol. The number of benzene rings is 2. The highest BCUT2D eigenvalue weighted by Gasteiger charge is 2.13. The first kappa shape index (κ1) is 16.7. The summed E-state index contributed by atoms with van der Waals surface area (Å²) in [6.07, 6.45) is 0.501. The van der Waals surface area contributed by atoms with Crippen LogP contribution >= 0.6 is 7.60 Å². The molecule has 0 radical (unpaired) electrons. The van der Waals surface area contributed by atoms with Crippen molar-refractivity contribution in [2.45, 2.75) is 12.6 Å². The van der Waals surface area contributed by atoms with Crippen LogP contribution in [-0.2, 0) is 17.1 Å². The maximum absolute atomic E-state index is 11.0. The molecule has 0 saturated heterocycles. The highest BCUT2D eigenvalue weighted by atomic mass is 31.2. The van der Waals surface area contributed by atoms with Gasteiger partial charge in [0.2, 0.25) is 0 Å². The largest absolute Gasteiger partial charge is 0.491 e. The maximum atomic E-state index is 11.0. The Kier molecular flexibility index (Phi) is 5.75. The molecule has 0 bridgehead atoms. The minimum atomic E-state index is -4.02. The molecule has 2 aromatic carbocycles. The second-order valence-electron chi connectivity index (χ2n) is 5.03. The summed E-state index contributed by atoms with van der Waals surface area (Å²) in [5.74, 6) is 0.717. The lowest BCUT2D eigenvalue weighted by Crippen LogP contribution is -2.01. The van der Waals surface area contributed by atoms with Crippen LogP contribution in [0.2, 0.25) is 0 Å². The van der Waals surface area contributed by atoms with E-state index >= 15 is 0 Å². The van der Waals surface area contributed by atoms with E-state index in [1.807, 2.05) is 36.4 Å². The molecule has 0 aromatic heterocycles. The minimum absolute atomic E-state index is 0.0112. The highest BCUT2D eigenvalue weighted by Crippen LogP contribution is 2.38. The third-order valence-corrected chi connectivity index (χ3v) is 3.88. The average Bonchev–Trinajstić information content (AvgIpc) is 2.47. The molecule has 0 unspecified atom stereocenters. The number of hydrogen-bond acceptors (Lipinski definition) is 3. The lowest BCUT2D eigenvalue weighted by molar-refractivity contribution is 0.201. The topological polar surface area (TPSA) is 87.0 Å². The van der Waals surface area contributed by atoms with Gasteiger partial charge in [-0.05, 0) is 35.2 Å². The second-order valence-corrected chi connectivity index (χ2v) is 6.68. The van der Waals surface area contributed by atoms with Gasteiger partial charge in [-0.3, -0.25) is 4.57 Å². The van der Waals surface area contributed by atoms with Crippen molar-refractivity contribution in [1.82, 2.24) is 0 Å². The molecule has 0 aliphatic rings. The first-order valence-corrected chi connectivity index (χ1v) is 8.71. The van der Waals surface area contributed by atoms with Crippen LogP contribution in [0.15, 0.2) is 48.5 Å². The lowest BCUT2D eigenvalue weighted by atomic mass is 10.0. The third kappa shape index (κ3) is 5.62. The first-order valence-electron chi connectivity index (χ1n) is 6.91. The summed E-state index contributed by atoms with van der Waals surface area (Å²) < 4.78 is 16.2. The number of aliphatic hydroxyl groups excluding tert-OH is 1. The Morgan fingerprint density at radius 1 is 0.864 bits per heavy atom. The Morgan fingerprint density at radius 2 is 1.36 bits per heavy atom. The SMILES string of the molecule is O=P(O)(O)Cc1ccc(Cc2ccc(OCCO)cc2)cc1. The van der Waals surface area contributed by atoms with Gasteiger partial charge in [-0.2, -0.15) is 0 Å². The monoisotopic (exact) mass is 322 g/mol. The van der Waals surface area contributed by atoms with E-state index in [1.54, 1.807) is 12.1 Å². The Labute approximate surface area is 129 Å². The highest BCUT2D eigenvalue weighted by molar-refractivity contribution is 7.50. The molecule has 0 saturated carbocycles. The van der Waals surface area contributed by atoms with Crippen molar-refractivity contribution in [1.29, 1.82) is 0 Å². The van der Waals surface area contributed by atoms with Gasteiger partial charge in [-0.1, -0.05) is 36.4 Å². The van der Waals surface area contributed by atoms with Crippen molar-refractivity contribution in [3.05, 3.63) is 65.2 Å². The number of rotatable bonds is 7. The Bertz CT molecular complexity index is 631.